The van der Waals surface area contributed by atoms with E-state index in [1.807, 2.05) is 28.8 Å². The summed E-state index contributed by atoms with van der Waals surface area (Å²) in [6.07, 6.45) is 1.79. The Labute approximate surface area is 151 Å². The van der Waals surface area contributed by atoms with E-state index in [0.717, 1.165) is 24.6 Å². The zero-order valence-electron chi connectivity index (χ0n) is 14.1. The van der Waals surface area contributed by atoms with Crippen LogP contribution in [0.25, 0.3) is 0 Å². The molecular weight excluding hydrogens is 342 g/mol. The molecule has 1 saturated heterocycles. The Morgan fingerprint density at radius 2 is 1.96 bits per heavy atom. The zero-order chi connectivity index (χ0) is 17.4. The zero-order valence-corrected chi connectivity index (χ0v) is 14.8. The highest BCUT2D eigenvalue weighted by Gasteiger charge is 2.30. The van der Waals surface area contributed by atoms with E-state index in [-0.39, 0.29) is 6.03 Å². The number of urea groups is 1. The Hall–Kier alpha value is -2.41. The highest BCUT2D eigenvalue weighted by molar-refractivity contribution is 6.30. The number of anilines is 2. The van der Waals surface area contributed by atoms with Gasteiger partial charge in [0.25, 0.3) is 0 Å². The fourth-order valence-corrected chi connectivity index (χ4v) is 3.53. The highest BCUT2D eigenvalue weighted by Crippen LogP contribution is 2.34. The number of hydrogen-bond acceptors (Lipinski definition) is 4. The molecule has 8 heteroatoms. The van der Waals surface area contributed by atoms with Gasteiger partial charge in [0, 0.05) is 50.4 Å². The number of fused-ring (bicyclic) bond motifs is 1. The van der Waals surface area contributed by atoms with Crippen LogP contribution in [0.3, 0.4) is 0 Å². The molecule has 1 aromatic carbocycles. The molecule has 7 nitrogen and oxygen atoms in total. The van der Waals surface area contributed by atoms with Crippen LogP contribution in [-0.2, 0) is 7.05 Å². The van der Waals surface area contributed by atoms with Crippen molar-refractivity contribution in [2.75, 3.05) is 49.1 Å². The van der Waals surface area contributed by atoms with Crippen molar-refractivity contribution >= 4 is 29.1 Å². The lowest BCUT2D eigenvalue weighted by atomic mass is 10.2. The predicted octanol–water partition coefficient (Wildman–Crippen LogP) is 2.21. The van der Waals surface area contributed by atoms with Gasteiger partial charge in [0.1, 0.15) is 18.2 Å². The number of hydrogen-bond donors (Lipinski definition) is 0. The number of carbonyl (C=O) groups excluding carboxylic acids is 1. The number of carbonyl (C=O) groups is 1. The van der Waals surface area contributed by atoms with Crippen molar-refractivity contribution in [3.05, 3.63) is 35.5 Å². The van der Waals surface area contributed by atoms with Gasteiger partial charge in [-0.25, -0.2) is 4.79 Å². The number of piperazine rings is 1. The van der Waals surface area contributed by atoms with Gasteiger partial charge >= 0.3 is 6.03 Å². The van der Waals surface area contributed by atoms with Gasteiger partial charge in [-0.3, -0.25) is 9.58 Å². The lowest BCUT2D eigenvalue weighted by Crippen LogP contribution is -2.54. The lowest BCUT2D eigenvalue weighted by molar-refractivity contribution is 0.196. The van der Waals surface area contributed by atoms with Crippen LogP contribution in [0.1, 0.15) is 0 Å². The number of amides is 2. The molecule has 0 N–H and O–H groups in total. The van der Waals surface area contributed by atoms with Crippen LogP contribution in [0.4, 0.5) is 16.3 Å². The van der Waals surface area contributed by atoms with E-state index in [9.17, 15) is 4.79 Å². The smallest absolute Gasteiger partial charge is 0.324 e. The van der Waals surface area contributed by atoms with Crippen molar-refractivity contribution in [1.29, 1.82) is 0 Å². The van der Waals surface area contributed by atoms with Crippen molar-refractivity contribution in [1.82, 2.24) is 14.7 Å². The van der Waals surface area contributed by atoms with E-state index in [4.69, 9.17) is 16.3 Å². The number of rotatable bonds is 1. The second kappa shape index (κ2) is 6.48. The monoisotopic (exact) mass is 361 g/mol. The SMILES string of the molecule is Cn1nccc1N1CCN(C(=O)N2CCOc3cc(Cl)ccc32)CC1. The molecule has 2 amide bonds. The Morgan fingerprint density at radius 1 is 1.16 bits per heavy atom. The van der Waals surface area contributed by atoms with E-state index >= 15 is 0 Å². The molecule has 0 atom stereocenters. The summed E-state index contributed by atoms with van der Waals surface area (Å²) in [6, 6.07) is 7.42. The predicted molar refractivity (Wildman–Crippen MR) is 96.7 cm³/mol. The molecule has 0 aliphatic carbocycles. The van der Waals surface area contributed by atoms with Crippen LogP contribution in [0.15, 0.2) is 30.5 Å². The minimum atomic E-state index is 0.0246. The molecular formula is C17H20ClN5O2. The summed E-state index contributed by atoms with van der Waals surface area (Å²) in [5, 5.41) is 4.82. The standard InChI is InChI=1S/C17H20ClN5O2/c1-20-16(4-5-19-20)21-6-8-22(9-7-21)17(24)23-10-11-25-15-12-13(18)2-3-14(15)23/h2-5,12H,6-11H2,1H3. The van der Waals surface area contributed by atoms with E-state index < -0.39 is 0 Å². The van der Waals surface area contributed by atoms with E-state index in [2.05, 4.69) is 10.00 Å². The first kappa shape index (κ1) is 16.1. The summed E-state index contributed by atoms with van der Waals surface area (Å²) < 4.78 is 7.50. The van der Waals surface area contributed by atoms with E-state index in [0.29, 0.717) is 37.0 Å². The van der Waals surface area contributed by atoms with Crippen molar-refractivity contribution in [2.24, 2.45) is 7.05 Å². The van der Waals surface area contributed by atoms with Gasteiger partial charge in [-0.15, -0.1) is 0 Å². The van der Waals surface area contributed by atoms with Crippen molar-refractivity contribution < 1.29 is 9.53 Å². The van der Waals surface area contributed by atoms with Gasteiger partial charge in [-0.2, -0.15) is 5.10 Å². The van der Waals surface area contributed by atoms with Crippen molar-refractivity contribution in [3.63, 3.8) is 0 Å². The first-order valence-corrected chi connectivity index (χ1v) is 8.73. The summed E-state index contributed by atoms with van der Waals surface area (Å²) in [5.74, 6) is 1.75. The molecule has 3 heterocycles. The molecule has 4 rings (SSSR count). The fourth-order valence-electron chi connectivity index (χ4n) is 3.37. The minimum absolute atomic E-state index is 0.0246. The normalized spacial score (nSPS) is 17.3. The van der Waals surface area contributed by atoms with Crippen LogP contribution < -0.4 is 14.5 Å². The third-order valence-corrected chi connectivity index (χ3v) is 4.92. The Kier molecular flexibility index (Phi) is 4.17. The lowest BCUT2D eigenvalue weighted by Gasteiger charge is -2.39. The molecule has 132 valence electrons. The molecule has 0 spiro atoms. The maximum atomic E-state index is 13.0. The average Bonchev–Trinajstić information content (AvgIpc) is 3.06. The second-order valence-corrected chi connectivity index (χ2v) is 6.62. The van der Waals surface area contributed by atoms with E-state index in [1.165, 1.54) is 0 Å². The topological polar surface area (TPSA) is 53.8 Å². The Morgan fingerprint density at radius 3 is 2.68 bits per heavy atom. The number of nitrogens with zero attached hydrogens (tertiary/aromatic N) is 5. The maximum absolute atomic E-state index is 13.0. The molecule has 2 aliphatic heterocycles. The van der Waals surface area contributed by atoms with Crippen molar-refractivity contribution in [2.45, 2.75) is 0 Å². The Bertz CT molecular complexity index is 785. The third-order valence-electron chi connectivity index (χ3n) is 4.69. The second-order valence-electron chi connectivity index (χ2n) is 6.18. The summed E-state index contributed by atoms with van der Waals surface area (Å²) in [4.78, 5) is 18.9. The number of aromatic nitrogens is 2. The molecule has 1 fully saturated rings. The minimum Gasteiger partial charge on any atom is -0.489 e. The molecule has 0 saturated carbocycles. The van der Waals surface area contributed by atoms with Gasteiger partial charge in [0.15, 0.2) is 0 Å². The molecule has 2 aliphatic rings. The molecule has 1 aromatic heterocycles. The molecule has 0 bridgehead atoms. The maximum Gasteiger partial charge on any atom is 0.324 e. The summed E-state index contributed by atoms with van der Waals surface area (Å²) in [6.45, 7) is 3.99. The Balaban J connectivity index is 1.46. The van der Waals surface area contributed by atoms with E-state index in [1.54, 1.807) is 23.2 Å². The number of halogens is 1. The van der Waals surface area contributed by atoms with Crippen LogP contribution in [0, 0.1) is 0 Å². The van der Waals surface area contributed by atoms with Gasteiger partial charge in [0.05, 0.1) is 18.4 Å². The molecule has 0 radical (unpaired) electrons. The van der Waals surface area contributed by atoms with Crippen LogP contribution in [0.5, 0.6) is 5.75 Å². The third kappa shape index (κ3) is 3.00. The van der Waals surface area contributed by atoms with Gasteiger partial charge in [-0.05, 0) is 12.1 Å². The summed E-state index contributed by atoms with van der Waals surface area (Å²) >= 11 is 6.02. The van der Waals surface area contributed by atoms with Crippen LogP contribution in [0.2, 0.25) is 5.02 Å². The van der Waals surface area contributed by atoms with Gasteiger partial charge in [-0.1, -0.05) is 11.6 Å². The number of aryl methyl sites for hydroxylation is 1. The first-order chi connectivity index (χ1) is 12.1. The quantitative estimate of drug-likeness (QED) is 0.781. The van der Waals surface area contributed by atoms with Gasteiger partial charge in [0.2, 0.25) is 0 Å². The average molecular weight is 362 g/mol. The summed E-state index contributed by atoms with van der Waals surface area (Å²) in [7, 11) is 1.93. The highest BCUT2D eigenvalue weighted by atomic mass is 35.5. The van der Waals surface area contributed by atoms with Crippen molar-refractivity contribution in [3.8, 4) is 5.75 Å². The molecule has 0 unspecified atom stereocenters. The molecule has 25 heavy (non-hydrogen) atoms. The number of ether oxygens (including phenoxy) is 1. The first-order valence-electron chi connectivity index (χ1n) is 8.35. The fraction of sp³-hybridized carbons (Fsp3) is 0.412. The van der Waals surface area contributed by atoms with Gasteiger partial charge < -0.3 is 14.5 Å². The largest absolute Gasteiger partial charge is 0.489 e. The summed E-state index contributed by atoms with van der Waals surface area (Å²) in [5.41, 5.74) is 0.787. The van der Waals surface area contributed by atoms with Crippen LogP contribution in [-0.4, -0.2) is 60.0 Å². The number of benzene rings is 1. The molecule has 2 aromatic rings. The van der Waals surface area contributed by atoms with Crippen LogP contribution >= 0.6 is 11.6 Å².